The third-order valence-electron chi connectivity index (χ3n) is 8.73. The number of rotatable bonds is 5. The van der Waals surface area contributed by atoms with Gasteiger partial charge in [0.15, 0.2) is 0 Å². The molecule has 2 aliphatic heterocycles. The van der Waals surface area contributed by atoms with Crippen LogP contribution >= 0.6 is 0 Å². The smallest absolute Gasteiger partial charge is 0.379 e. The van der Waals surface area contributed by atoms with Gasteiger partial charge in [-0.2, -0.15) is 19.1 Å². The van der Waals surface area contributed by atoms with Crippen LogP contribution in [0.25, 0.3) is 0 Å². The van der Waals surface area contributed by atoms with E-state index in [4.69, 9.17) is 15.4 Å². The van der Waals surface area contributed by atoms with Gasteiger partial charge in [0.05, 0.1) is 29.6 Å². The standard InChI is InChI=1S/C25H33F3N4O5/c1-35-21-13-36-5-3-20(21)31-18-8-16-6-14(22(33)37-29)9-24(16,10-18)23(34)32-4-2-19-15(12-32)7-17(11-30-19)25(26,27)28/h7,11,14,16,18,20-21,31H,2-6,8-10,12-13,29H2,1H3/t14-,16-,18-,20?,21?,24-/m1/s1. The molecular formula is C25H33F3N4O5. The molecule has 3 N–H and O–H groups in total. The summed E-state index contributed by atoms with van der Waals surface area (Å²) in [7, 11) is 1.65. The second-order valence-electron chi connectivity index (χ2n) is 10.8. The van der Waals surface area contributed by atoms with Crippen LogP contribution in [0.2, 0.25) is 0 Å². The fraction of sp³-hybridized carbons (Fsp3) is 0.720. The molecule has 3 fully saturated rings. The Kier molecular flexibility index (Phi) is 7.20. The Morgan fingerprint density at radius 2 is 2.11 bits per heavy atom. The molecule has 204 valence electrons. The molecule has 0 spiro atoms. The predicted octanol–water partition coefficient (Wildman–Crippen LogP) is 1.97. The maximum absolute atomic E-state index is 14.1. The lowest BCUT2D eigenvalue weighted by atomic mass is 9.78. The number of fused-ring (bicyclic) bond motifs is 2. The fourth-order valence-electron chi connectivity index (χ4n) is 6.96. The molecule has 12 heteroatoms. The summed E-state index contributed by atoms with van der Waals surface area (Å²) in [5.41, 5.74) is -0.636. The number of halogens is 3. The van der Waals surface area contributed by atoms with E-state index in [1.807, 2.05) is 0 Å². The lowest BCUT2D eigenvalue weighted by Crippen LogP contribution is -2.51. The average molecular weight is 527 g/mol. The largest absolute Gasteiger partial charge is 0.417 e. The highest BCUT2D eigenvalue weighted by molar-refractivity contribution is 5.86. The zero-order valence-electron chi connectivity index (χ0n) is 20.8. The van der Waals surface area contributed by atoms with Crippen molar-refractivity contribution in [3.05, 3.63) is 29.1 Å². The van der Waals surface area contributed by atoms with E-state index in [0.717, 1.165) is 18.7 Å². The van der Waals surface area contributed by atoms with Crippen molar-refractivity contribution in [1.29, 1.82) is 0 Å². The number of ether oxygens (including phenoxy) is 2. The molecule has 5 rings (SSSR count). The van der Waals surface area contributed by atoms with Gasteiger partial charge in [-0.25, -0.2) is 0 Å². The normalized spacial score (nSPS) is 33.6. The van der Waals surface area contributed by atoms with Crippen molar-refractivity contribution >= 4 is 11.9 Å². The lowest BCUT2D eigenvalue weighted by molar-refractivity contribution is -0.150. The zero-order chi connectivity index (χ0) is 26.4. The van der Waals surface area contributed by atoms with Gasteiger partial charge in [0.1, 0.15) is 0 Å². The third-order valence-corrected chi connectivity index (χ3v) is 8.73. The van der Waals surface area contributed by atoms with Crippen LogP contribution in [0.1, 0.15) is 48.9 Å². The number of nitrogens with two attached hydrogens (primary N) is 1. The molecule has 1 saturated heterocycles. The Hall–Kier alpha value is -2.28. The van der Waals surface area contributed by atoms with Crippen molar-refractivity contribution in [3.8, 4) is 0 Å². The predicted molar refractivity (Wildman–Crippen MR) is 123 cm³/mol. The van der Waals surface area contributed by atoms with E-state index >= 15 is 0 Å². The van der Waals surface area contributed by atoms with Gasteiger partial charge in [-0.1, -0.05) is 0 Å². The summed E-state index contributed by atoms with van der Waals surface area (Å²) in [5, 5.41) is 3.68. The topological polar surface area (TPSA) is 116 Å². The molecule has 1 aromatic heterocycles. The number of amides is 1. The minimum absolute atomic E-state index is 0.0418. The SMILES string of the molecule is COC1COCCC1N[C@@H]1C[C@H]2C[C@@H](C(=O)ON)C[C@@]2(C(=O)N2CCc3ncc(C(F)(F)F)cc3C2)C1. The third kappa shape index (κ3) is 4.96. The second-order valence-corrected chi connectivity index (χ2v) is 10.8. The number of methoxy groups -OCH3 is 1. The molecular weight excluding hydrogens is 493 g/mol. The fourth-order valence-corrected chi connectivity index (χ4v) is 6.96. The molecule has 0 bridgehead atoms. The van der Waals surface area contributed by atoms with Crippen LogP contribution in [0.3, 0.4) is 0 Å². The number of carbonyl (C=O) groups excluding carboxylic acids is 2. The molecule has 6 atom stereocenters. The molecule has 1 amide bonds. The number of carbonyl (C=O) groups is 2. The highest BCUT2D eigenvalue weighted by Crippen LogP contribution is 2.58. The molecule has 37 heavy (non-hydrogen) atoms. The minimum atomic E-state index is -4.51. The summed E-state index contributed by atoms with van der Waals surface area (Å²) in [5.74, 6) is 3.97. The molecule has 4 aliphatic rings. The maximum atomic E-state index is 14.1. The van der Waals surface area contributed by atoms with E-state index in [2.05, 4.69) is 15.1 Å². The molecule has 2 unspecified atom stereocenters. The van der Waals surface area contributed by atoms with Gasteiger partial charge in [0.25, 0.3) is 0 Å². The average Bonchev–Trinajstić information content (AvgIpc) is 3.41. The minimum Gasteiger partial charge on any atom is -0.379 e. The van der Waals surface area contributed by atoms with Gasteiger partial charge in [-0.3, -0.25) is 14.6 Å². The molecule has 3 heterocycles. The van der Waals surface area contributed by atoms with E-state index in [9.17, 15) is 22.8 Å². The highest BCUT2D eigenvalue weighted by atomic mass is 19.4. The van der Waals surface area contributed by atoms with Crippen LogP contribution in [0.5, 0.6) is 0 Å². The summed E-state index contributed by atoms with van der Waals surface area (Å²) >= 11 is 0. The summed E-state index contributed by atoms with van der Waals surface area (Å²) < 4.78 is 50.9. The molecule has 2 saturated carbocycles. The van der Waals surface area contributed by atoms with E-state index in [1.165, 1.54) is 0 Å². The van der Waals surface area contributed by atoms with Crippen LogP contribution in [-0.4, -0.2) is 66.8 Å². The number of pyridine rings is 1. The van der Waals surface area contributed by atoms with E-state index in [-0.39, 0.29) is 36.6 Å². The summed E-state index contributed by atoms with van der Waals surface area (Å²) in [4.78, 5) is 36.6. The Morgan fingerprint density at radius 3 is 2.84 bits per heavy atom. The number of nitrogens with zero attached hydrogens (tertiary/aromatic N) is 2. The van der Waals surface area contributed by atoms with Gasteiger partial charge in [-0.15, -0.1) is 0 Å². The van der Waals surface area contributed by atoms with Crippen LogP contribution in [0.4, 0.5) is 13.2 Å². The number of alkyl halides is 3. The van der Waals surface area contributed by atoms with Gasteiger partial charge in [0.2, 0.25) is 5.91 Å². The Bertz CT molecular complexity index is 1040. The zero-order valence-corrected chi connectivity index (χ0v) is 20.8. The van der Waals surface area contributed by atoms with Crippen molar-refractivity contribution in [2.24, 2.45) is 23.1 Å². The number of hydrogen-bond acceptors (Lipinski definition) is 8. The van der Waals surface area contributed by atoms with Gasteiger partial charge < -0.3 is 24.5 Å². The van der Waals surface area contributed by atoms with Crippen molar-refractivity contribution in [2.45, 2.75) is 69.4 Å². The molecule has 1 aromatic rings. The monoisotopic (exact) mass is 526 g/mol. The van der Waals surface area contributed by atoms with E-state index in [0.29, 0.717) is 63.1 Å². The second kappa shape index (κ2) is 10.1. The summed E-state index contributed by atoms with van der Waals surface area (Å²) in [6.07, 6.45) is -0.526. The Labute approximate surface area is 213 Å². The Balaban J connectivity index is 1.37. The number of nitrogens with one attached hydrogen (secondary N) is 1. The first-order chi connectivity index (χ1) is 17.6. The number of aromatic nitrogens is 1. The van der Waals surface area contributed by atoms with Crippen molar-refractivity contribution in [1.82, 2.24) is 15.2 Å². The first kappa shape index (κ1) is 26.3. The molecule has 2 aliphatic carbocycles. The molecule has 0 aromatic carbocycles. The first-order valence-electron chi connectivity index (χ1n) is 12.8. The van der Waals surface area contributed by atoms with E-state index in [1.54, 1.807) is 12.0 Å². The molecule has 9 nitrogen and oxygen atoms in total. The lowest BCUT2D eigenvalue weighted by Gasteiger charge is -2.38. The van der Waals surface area contributed by atoms with Gasteiger partial charge >= 0.3 is 12.1 Å². The van der Waals surface area contributed by atoms with Crippen LogP contribution in [0, 0.1) is 17.3 Å². The van der Waals surface area contributed by atoms with E-state index < -0.39 is 29.0 Å². The van der Waals surface area contributed by atoms with Gasteiger partial charge in [-0.05, 0) is 49.7 Å². The molecule has 0 radical (unpaired) electrons. The van der Waals surface area contributed by atoms with Crippen molar-refractivity contribution in [2.75, 3.05) is 26.9 Å². The van der Waals surface area contributed by atoms with Crippen LogP contribution in [0.15, 0.2) is 12.3 Å². The van der Waals surface area contributed by atoms with Crippen LogP contribution < -0.4 is 11.2 Å². The highest BCUT2D eigenvalue weighted by Gasteiger charge is 2.60. The summed E-state index contributed by atoms with van der Waals surface area (Å²) in [6.45, 7) is 1.56. The summed E-state index contributed by atoms with van der Waals surface area (Å²) in [6, 6.07) is 1.23. The van der Waals surface area contributed by atoms with Gasteiger partial charge in [0, 0.05) is 57.2 Å². The number of hydrogen-bond donors (Lipinski definition) is 2. The Morgan fingerprint density at radius 1 is 1.30 bits per heavy atom. The maximum Gasteiger partial charge on any atom is 0.417 e. The quantitative estimate of drug-likeness (QED) is 0.560. The van der Waals surface area contributed by atoms with Crippen LogP contribution in [-0.2, 0) is 43.0 Å². The first-order valence-corrected chi connectivity index (χ1v) is 12.8. The van der Waals surface area contributed by atoms with Crippen molar-refractivity contribution < 1.29 is 37.1 Å². The van der Waals surface area contributed by atoms with Crippen molar-refractivity contribution in [3.63, 3.8) is 0 Å².